The summed E-state index contributed by atoms with van der Waals surface area (Å²) in [6, 6.07) is 0. The molecule has 6 heterocycles. The molecule has 0 aromatic rings. The van der Waals surface area contributed by atoms with Crippen molar-refractivity contribution in [3.63, 3.8) is 0 Å². The van der Waals surface area contributed by atoms with Crippen molar-refractivity contribution in [1.82, 2.24) is 0 Å². The van der Waals surface area contributed by atoms with E-state index in [1.165, 1.54) is 180 Å². The topological polar surface area (TPSA) is 64.6 Å². The molecular weight excluding hydrogens is 1330 g/mol. The molecule has 11 aliphatic rings. The van der Waals surface area contributed by atoms with Crippen LogP contribution in [0.1, 0.15) is 415 Å². The van der Waals surface area contributed by atoms with Crippen LogP contribution in [0.2, 0.25) is 0 Å². The minimum absolute atomic E-state index is 0.403. The van der Waals surface area contributed by atoms with E-state index in [9.17, 15) is 0 Å². The zero-order valence-corrected chi connectivity index (χ0v) is 80.8. The van der Waals surface area contributed by atoms with E-state index >= 15 is 0 Å². The van der Waals surface area contributed by atoms with E-state index in [2.05, 4.69) is 235 Å². The van der Waals surface area contributed by atoms with Crippen LogP contribution >= 0.6 is 0 Å². The van der Waals surface area contributed by atoms with Gasteiger partial charge in [-0.1, -0.05) is 344 Å². The van der Waals surface area contributed by atoms with E-state index in [1.54, 1.807) is 7.11 Å². The van der Waals surface area contributed by atoms with Crippen LogP contribution in [0.4, 0.5) is 0 Å². The first-order valence-electron chi connectivity index (χ1n) is 47.7. The summed E-state index contributed by atoms with van der Waals surface area (Å²) in [5, 5.41) is 0. The number of hydrogen-bond acceptors (Lipinski definition) is 7. The molecule has 0 bridgehead atoms. The third-order valence-electron chi connectivity index (χ3n) is 27.1. The van der Waals surface area contributed by atoms with Crippen molar-refractivity contribution < 1.29 is 33.2 Å². The molecule has 11 rings (SSSR count). The second-order valence-electron chi connectivity index (χ2n) is 41.5. The average molecular weight is 1530 g/mol. The largest absolute Gasteiger partial charge is 0.381 e. The lowest BCUT2D eigenvalue weighted by molar-refractivity contribution is -0.0763. The molecule has 6 saturated heterocycles. The van der Waals surface area contributed by atoms with Crippen molar-refractivity contribution in [2.75, 3.05) is 73.2 Å². The van der Waals surface area contributed by atoms with Gasteiger partial charge in [0.15, 0.2) is 0 Å². The standard InChI is InChI=1S/2C9H18.2C8H16O.C8H16.2C7H14O.C7H14.2C7H16.2C6H12O.C6H14O.C6H12/c2*1-8(2)9-6-4-3-5-7-9;1-7(2)8-3-5-9-6-4-8;1-7(2)8-4-3-5-9-6-8;1-7(2)8-5-3-4-6-8;1-6(2)7-3-4-8-5-7;1-6(2)7-4-3-5-8-7;1-6(2)7-4-3-5-7;1-6(2)7(3,4)5;1-5-7(4)6(2)3;1-5(2)6-3-7-4-6;1-5(2)6-3-4-7-6;1-5(2)6(3)7-4;1-5(2)6-3-4-6/h2*8-9H,3-7H2,1-2H3;2*7-8H,3-6H2,1-2H3;7-8H,3-6H2,1-2H3;2*6-7H,3-5H2,1-2H3;6-7H,3-5H2,1-2H3;6H,1-5H3;6-7H,5H2,1-4H3;2*5-6H,3-4H2,1-2H3;5-6H,1-4H3;5-6H,3-4H2,1-2H3. The first kappa shape index (κ1) is 112. The van der Waals surface area contributed by atoms with Crippen molar-refractivity contribution in [3.8, 4) is 0 Å². The zero-order chi connectivity index (χ0) is 82.9. The van der Waals surface area contributed by atoms with Gasteiger partial charge in [0.1, 0.15) is 0 Å². The third kappa shape index (κ3) is 62.9. The first-order valence-corrected chi connectivity index (χ1v) is 47.7. The van der Waals surface area contributed by atoms with Gasteiger partial charge in [0, 0.05) is 65.9 Å². The Balaban J connectivity index is -0.00000110. The highest BCUT2D eigenvalue weighted by Gasteiger charge is 2.26. The van der Waals surface area contributed by atoms with E-state index in [-0.39, 0.29) is 0 Å². The molecule has 5 aliphatic carbocycles. The summed E-state index contributed by atoms with van der Waals surface area (Å²) in [6.07, 6.45) is 41.5. The Labute approximate surface area is 683 Å². The van der Waals surface area contributed by atoms with Gasteiger partial charge < -0.3 is 33.2 Å². The van der Waals surface area contributed by atoms with Gasteiger partial charge in [0.05, 0.1) is 31.5 Å². The van der Waals surface area contributed by atoms with Gasteiger partial charge in [-0.2, -0.15) is 0 Å². The molecule has 6 aliphatic heterocycles. The molecule has 0 aromatic carbocycles. The van der Waals surface area contributed by atoms with Crippen molar-refractivity contribution in [3.05, 3.63) is 0 Å². The Bertz CT molecular complexity index is 1590. The Morgan fingerprint density at radius 1 is 0.259 bits per heavy atom. The van der Waals surface area contributed by atoms with Crippen LogP contribution in [0, 0.1) is 147 Å². The Morgan fingerprint density at radius 2 is 0.537 bits per heavy atom. The van der Waals surface area contributed by atoms with Gasteiger partial charge in [0.25, 0.3) is 0 Å². The normalized spacial score (nSPS) is 23.2. The Morgan fingerprint density at radius 3 is 0.667 bits per heavy atom. The molecule has 0 spiro atoms. The summed E-state index contributed by atoms with van der Waals surface area (Å²) >= 11 is 0. The minimum atomic E-state index is 0.403. The van der Waals surface area contributed by atoms with Crippen molar-refractivity contribution in [2.45, 2.75) is 434 Å². The molecule has 6 unspecified atom stereocenters. The lowest BCUT2D eigenvalue weighted by Gasteiger charge is -2.29. The van der Waals surface area contributed by atoms with Gasteiger partial charge >= 0.3 is 0 Å². The van der Waals surface area contributed by atoms with Gasteiger partial charge in [-0.15, -0.1) is 0 Å². The summed E-state index contributed by atoms with van der Waals surface area (Å²) < 4.78 is 36.4. The smallest absolute Gasteiger partial charge is 0.0619 e. The van der Waals surface area contributed by atoms with Crippen LogP contribution in [-0.4, -0.2) is 91.5 Å². The Kier molecular flexibility index (Phi) is 71.2. The zero-order valence-electron chi connectivity index (χ0n) is 80.8. The molecule has 0 radical (unpaired) electrons. The summed E-state index contributed by atoms with van der Waals surface area (Å²) in [5.41, 5.74) is 0.500. The maximum atomic E-state index is 5.41. The Hall–Kier alpha value is -0.280. The number of hydrogen-bond donors (Lipinski definition) is 0. The van der Waals surface area contributed by atoms with Crippen molar-refractivity contribution in [1.29, 1.82) is 0 Å². The fraction of sp³-hybridized carbons (Fsp3) is 1.00. The minimum Gasteiger partial charge on any atom is -0.381 e. The van der Waals surface area contributed by atoms with Gasteiger partial charge in [0.2, 0.25) is 0 Å². The van der Waals surface area contributed by atoms with E-state index in [4.69, 9.17) is 33.2 Å². The van der Waals surface area contributed by atoms with Crippen molar-refractivity contribution in [2.24, 2.45) is 147 Å². The van der Waals surface area contributed by atoms with Gasteiger partial charge in [-0.3, -0.25) is 0 Å². The fourth-order valence-corrected chi connectivity index (χ4v) is 14.1. The van der Waals surface area contributed by atoms with Gasteiger partial charge in [-0.25, -0.2) is 0 Å². The molecule has 0 amide bonds. The van der Waals surface area contributed by atoms with Crippen LogP contribution in [-0.2, 0) is 33.2 Å². The number of methoxy groups -OCH3 is 1. The quantitative estimate of drug-likeness (QED) is 0.162. The van der Waals surface area contributed by atoms with Crippen LogP contribution in [0.25, 0.3) is 0 Å². The summed E-state index contributed by atoms with van der Waals surface area (Å²) in [5.74, 6) is 21.5. The molecule has 11 fully saturated rings. The van der Waals surface area contributed by atoms with E-state index < -0.39 is 0 Å². The second-order valence-corrected chi connectivity index (χ2v) is 41.5. The van der Waals surface area contributed by atoms with Crippen LogP contribution < -0.4 is 0 Å². The van der Waals surface area contributed by atoms with Crippen LogP contribution in [0.15, 0.2) is 0 Å². The molecule has 5 saturated carbocycles. The number of ether oxygens (including phenoxy) is 7. The molecule has 7 heteroatoms. The van der Waals surface area contributed by atoms with E-state index in [0.29, 0.717) is 29.6 Å². The maximum absolute atomic E-state index is 5.41. The fourth-order valence-electron chi connectivity index (χ4n) is 14.1. The highest BCUT2D eigenvalue weighted by Crippen LogP contribution is 2.37. The molecule has 6 atom stereocenters. The molecule has 654 valence electrons. The first-order chi connectivity index (χ1) is 50.7. The lowest BCUT2D eigenvalue weighted by Crippen LogP contribution is -2.31. The van der Waals surface area contributed by atoms with Crippen LogP contribution in [0.5, 0.6) is 0 Å². The maximum Gasteiger partial charge on any atom is 0.0619 e. The predicted octanol–water partition coefficient (Wildman–Crippen LogP) is 31.2. The second kappa shape index (κ2) is 68.7. The molecule has 108 heavy (non-hydrogen) atoms. The summed E-state index contributed by atoms with van der Waals surface area (Å²) in [4.78, 5) is 0. The molecular formula is C101H208O7. The van der Waals surface area contributed by atoms with Crippen LogP contribution in [0.3, 0.4) is 0 Å². The van der Waals surface area contributed by atoms with E-state index in [0.717, 1.165) is 202 Å². The number of rotatable bonds is 15. The van der Waals surface area contributed by atoms with Crippen molar-refractivity contribution >= 4 is 0 Å². The highest BCUT2D eigenvalue weighted by molar-refractivity contribution is 4.77. The van der Waals surface area contributed by atoms with Gasteiger partial charge in [-0.05, 0) is 213 Å². The highest BCUT2D eigenvalue weighted by atomic mass is 16.5. The van der Waals surface area contributed by atoms with E-state index in [1.807, 2.05) is 0 Å². The monoisotopic (exact) mass is 1530 g/mol. The molecule has 0 aromatic heterocycles. The predicted molar refractivity (Wildman–Crippen MR) is 482 cm³/mol. The SMILES string of the molecule is CC(C)C(C)(C)C.CC(C)C1CC1.CC(C)C1CCC1.CC(C)C1CCCC1.CC(C)C1CCCCC1.CC(C)C1CCCCC1.CC(C)C1CCCO1.CC(C)C1CCCOC1.CC(C)C1CCO1.CC(C)C1CCOC1.CC(C)C1CCOCC1.CC(C)C1COC1.CCC(C)C(C)C.COC(C)C(C)C. The molecule has 7 nitrogen and oxygen atoms in total. The molecule has 0 N–H and O–H groups in total. The average Bonchev–Trinajstić information content (AvgIpc) is 1.76. The lowest BCUT2D eigenvalue weighted by atomic mass is 9.78. The third-order valence-corrected chi connectivity index (χ3v) is 27.1. The summed E-state index contributed by atoms with van der Waals surface area (Å²) in [6.45, 7) is 87.0. The summed E-state index contributed by atoms with van der Waals surface area (Å²) in [7, 11) is 1.74.